The van der Waals surface area contributed by atoms with Crippen LogP contribution in [0.2, 0.25) is 0 Å². The highest BCUT2D eigenvalue weighted by molar-refractivity contribution is 7.80. The van der Waals surface area contributed by atoms with Crippen LogP contribution in [0.3, 0.4) is 0 Å². The molecule has 0 unspecified atom stereocenters. The molecule has 0 spiro atoms. The van der Waals surface area contributed by atoms with Gasteiger partial charge in [0, 0.05) is 18.3 Å². The van der Waals surface area contributed by atoms with Crippen LogP contribution in [0.1, 0.15) is 19.8 Å². The smallest absolute Gasteiger partial charge is 0.0201 e. The minimum Gasteiger partial charge on any atom is -0.297 e. The topological polar surface area (TPSA) is 3.24 Å². The van der Waals surface area contributed by atoms with E-state index in [1.165, 1.54) is 18.4 Å². The van der Waals surface area contributed by atoms with E-state index in [-0.39, 0.29) is 0 Å². The largest absolute Gasteiger partial charge is 0.297 e. The summed E-state index contributed by atoms with van der Waals surface area (Å²) in [5.74, 6) is 0.823. The van der Waals surface area contributed by atoms with Crippen molar-refractivity contribution in [3.8, 4) is 0 Å². The fourth-order valence-corrected chi connectivity index (χ4v) is 1.38. The highest BCUT2D eigenvalue weighted by Crippen LogP contribution is 2.26. The highest BCUT2D eigenvalue weighted by Gasteiger charge is 2.27. The Bertz CT molecular complexity index is 140. The van der Waals surface area contributed by atoms with Crippen LogP contribution in [0.15, 0.2) is 12.2 Å². The van der Waals surface area contributed by atoms with Gasteiger partial charge in [0.25, 0.3) is 0 Å². The molecule has 0 radical (unpaired) electrons. The van der Waals surface area contributed by atoms with Crippen molar-refractivity contribution in [2.75, 3.05) is 18.8 Å². The first-order valence-corrected chi connectivity index (χ1v) is 4.92. The van der Waals surface area contributed by atoms with Gasteiger partial charge < -0.3 is 0 Å². The number of nitrogens with zero attached hydrogens (tertiary/aromatic N) is 1. The molecule has 0 aromatic rings. The summed E-state index contributed by atoms with van der Waals surface area (Å²) in [6, 6.07) is 0.858. The van der Waals surface area contributed by atoms with Crippen LogP contribution in [0.25, 0.3) is 0 Å². The van der Waals surface area contributed by atoms with E-state index in [1.807, 2.05) is 0 Å². The Balaban J connectivity index is 2.25. The highest BCUT2D eigenvalue weighted by atomic mass is 32.1. The Morgan fingerprint density at radius 3 is 2.64 bits per heavy atom. The molecule has 1 aliphatic carbocycles. The Morgan fingerprint density at radius 1 is 1.64 bits per heavy atom. The van der Waals surface area contributed by atoms with Gasteiger partial charge in [-0.3, -0.25) is 4.90 Å². The summed E-state index contributed by atoms with van der Waals surface area (Å²) < 4.78 is 0. The average molecular weight is 171 g/mol. The molecule has 1 nitrogen and oxygen atoms in total. The molecule has 11 heavy (non-hydrogen) atoms. The molecule has 0 aromatic heterocycles. The zero-order valence-corrected chi connectivity index (χ0v) is 8.11. The van der Waals surface area contributed by atoms with Gasteiger partial charge in [0.1, 0.15) is 0 Å². The second-order valence-corrected chi connectivity index (χ2v) is 3.52. The first-order chi connectivity index (χ1) is 5.27. The van der Waals surface area contributed by atoms with Crippen LogP contribution < -0.4 is 0 Å². The maximum atomic E-state index is 4.19. The quantitative estimate of drug-likeness (QED) is 0.489. The van der Waals surface area contributed by atoms with Crippen LogP contribution >= 0.6 is 12.6 Å². The van der Waals surface area contributed by atoms with Gasteiger partial charge in [0.15, 0.2) is 0 Å². The van der Waals surface area contributed by atoms with Crippen molar-refractivity contribution in [2.24, 2.45) is 0 Å². The molecule has 2 heteroatoms. The van der Waals surface area contributed by atoms with Crippen LogP contribution in [-0.2, 0) is 0 Å². The summed E-state index contributed by atoms with van der Waals surface area (Å²) in [5.41, 5.74) is 1.24. The van der Waals surface area contributed by atoms with Gasteiger partial charge in [-0.2, -0.15) is 12.6 Å². The summed E-state index contributed by atoms with van der Waals surface area (Å²) in [6.07, 6.45) is 2.77. The van der Waals surface area contributed by atoms with E-state index in [1.54, 1.807) is 0 Å². The Labute approximate surface area is 74.9 Å². The number of hydrogen-bond donors (Lipinski definition) is 1. The summed E-state index contributed by atoms with van der Waals surface area (Å²) in [7, 11) is 0. The molecular weight excluding hydrogens is 154 g/mol. The molecule has 0 aliphatic heterocycles. The van der Waals surface area contributed by atoms with Gasteiger partial charge in [-0.05, 0) is 19.4 Å². The lowest BCUT2D eigenvalue weighted by atomic mass is 10.3. The van der Waals surface area contributed by atoms with Gasteiger partial charge in [0.2, 0.25) is 0 Å². The monoisotopic (exact) mass is 171 g/mol. The second kappa shape index (κ2) is 4.17. The van der Waals surface area contributed by atoms with E-state index in [4.69, 9.17) is 0 Å². The van der Waals surface area contributed by atoms with Crippen LogP contribution in [0.5, 0.6) is 0 Å². The molecule has 0 heterocycles. The van der Waals surface area contributed by atoms with Crippen LogP contribution in [0.4, 0.5) is 0 Å². The van der Waals surface area contributed by atoms with Crippen molar-refractivity contribution in [1.29, 1.82) is 0 Å². The van der Waals surface area contributed by atoms with Crippen molar-refractivity contribution in [2.45, 2.75) is 25.8 Å². The van der Waals surface area contributed by atoms with Crippen molar-refractivity contribution < 1.29 is 0 Å². The molecule has 1 aliphatic rings. The first kappa shape index (κ1) is 9.14. The predicted molar refractivity (Wildman–Crippen MR) is 53.3 cm³/mol. The number of thiol groups is 1. The normalized spacial score (nSPS) is 17.4. The van der Waals surface area contributed by atoms with Gasteiger partial charge >= 0.3 is 0 Å². The lowest BCUT2D eigenvalue weighted by Crippen LogP contribution is -2.28. The third kappa shape index (κ3) is 2.88. The predicted octanol–water partition coefficient (Wildman–Crippen LogP) is 1.96. The van der Waals surface area contributed by atoms with E-state index in [0.717, 1.165) is 24.9 Å². The molecule has 1 fully saturated rings. The fraction of sp³-hybridized carbons (Fsp3) is 0.778. The Kier molecular flexibility index (Phi) is 3.46. The number of hydrogen-bond acceptors (Lipinski definition) is 2. The van der Waals surface area contributed by atoms with Crippen LogP contribution in [-0.4, -0.2) is 29.8 Å². The van der Waals surface area contributed by atoms with Crippen molar-refractivity contribution >= 4 is 12.6 Å². The molecule has 64 valence electrons. The van der Waals surface area contributed by atoms with E-state index in [9.17, 15) is 0 Å². The van der Waals surface area contributed by atoms with Crippen molar-refractivity contribution in [3.05, 3.63) is 12.2 Å². The molecule has 0 aromatic carbocycles. The second-order valence-electron chi connectivity index (χ2n) is 3.20. The molecule has 0 bridgehead atoms. The van der Waals surface area contributed by atoms with E-state index >= 15 is 0 Å². The maximum absolute atomic E-state index is 4.19. The Morgan fingerprint density at radius 2 is 2.27 bits per heavy atom. The molecule has 0 atom stereocenters. The minimum absolute atomic E-state index is 0.823. The standard InChI is InChI=1S/C9H17NS/c1-3-10(9-4-5-9)6-8(2)7-11/h9,11H,2-7H2,1H3. The lowest BCUT2D eigenvalue weighted by Gasteiger charge is -2.20. The molecule has 0 saturated heterocycles. The van der Waals surface area contributed by atoms with Gasteiger partial charge in [-0.15, -0.1) is 0 Å². The summed E-state index contributed by atoms with van der Waals surface area (Å²) in [4.78, 5) is 2.48. The van der Waals surface area contributed by atoms with Gasteiger partial charge in [-0.25, -0.2) is 0 Å². The first-order valence-electron chi connectivity index (χ1n) is 4.29. The van der Waals surface area contributed by atoms with Gasteiger partial charge in [-0.1, -0.05) is 19.1 Å². The third-order valence-corrected chi connectivity index (χ3v) is 2.57. The zero-order chi connectivity index (χ0) is 8.27. The molecule has 0 amide bonds. The molecule has 0 N–H and O–H groups in total. The van der Waals surface area contributed by atoms with E-state index in [0.29, 0.717) is 0 Å². The van der Waals surface area contributed by atoms with E-state index < -0.39 is 0 Å². The summed E-state index contributed by atoms with van der Waals surface area (Å²) in [6.45, 7) is 8.36. The Hall–Kier alpha value is 0.0500. The van der Waals surface area contributed by atoms with Crippen molar-refractivity contribution in [1.82, 2.24) is 4.90 Å². The fourth-order valence-electron chi connectivity index (χ4n) is 1.28. The minimum atomic E-state index is 0.823. The number of likely N-dealkylation sites (N-methyl/N-ethyl adjacent to an activating group) is 1. The van der Waals surface area contributed by atoms with E-state index in [2.05, 4.69) is 31.0 Å². The van der Waals surface area contributed by atoms with Gasteiger partial charge in [0.05, 0.1) is 0 Å². The van der Waals surface area contributed by atoms with Crippen molar-refractivity contribution in [3.63, 3.8) is 0 Å². The number of rotatable bonds is 5. The average Bonchev–Trinajstić information content (AvgIpc) is 2.82. The SMILES string of the molecule is C=C(CS)CN(CC)C1CC1. The maximum Gasteiger partial charge on any atom is 0.0201 e. The third-order valence-electron chi connectivity index (χ3n) is 2.12. The summed E-state index contributed by atoms with van der Waals surface area (Å²) in [5, 5.41) is 0. The molecule has 1 saturated carbocycles. The molecular formula is C9H17NS. The summed E-state index contributed by atoms with van der Waals surface area (Å²) >= 11 is 4.19. The molecule has 1 rings (SSSR count). The zero-order valence-electron chi connectivity index (χ0n) is 7.21. The van der Waals surface area contributed by atoms with Crippen LogP contribution in [0, 0.1) is 0 Å². The lowest BCUT2D eigenvalue weighted by molar-refractivity contribution is 0.302.